The molecule has 0 aromatic heterocycles. The van der Waals surface area contributed by atoms with Crippen molar-refractivity contribution in [2.75, 3.05) is 20.3 Å². The van der Waals surface area contributed by atoms with Gasteiger partial charge >= 0.3 is 6.09 Å². The van der Waals surface area contributed by atoms with Crippen molar-refractivity contribution in [3.8, 4) is 11.1 Å². The Morgan fingerprint density at radius 3 is 2.33 bits per heavy atom. The summed E-state index contributed by atoms with van der Waals surface area (Å²) in [6.45, 7) is 2.91. The van der Waals surface area contributed by atoms with Crippen LogP contribution in [-0.2, 0) is 9.47 Å². The van der Waals surface area contributed by atoms with Gasteiger partial charge < -0.3 is 14.6 Å². The van der Waals surface area contributed by atoms with Crippen molar-refractivity contribution in [1.82, 2.24) is 4.90 Å². The first-order chi connectivity index (χ1) is 13.1. The number of carbonyl (C=O) groups is 1. The topological polar surface area (TPSA) is 59.0 Å². The molecule has 1 aliphatic carbocycles. The van der Waals surface area contributed by atoms with Crippen molar-refractivity contribution in [2.45, 2.75) is 31.1 Å². The summed E-state index contributed by atoms with van der Waals surface area (Å²) in [7, 11) is 1.38. The standard InChI is InChI=1S/C22H23NO4/c1-22(12-23(21(25)26-2)19-17(24)11-27-20(19)22)18-15-9-5-3-7-13(15)14-8-4-6-10-16(14)18/h3-10,17-20,24H,11-12H2,1-2H3/t17-,19+,20-,22+/m0/s1. The number of amides is 1. The largest absolute Gasteiger partial charge is 0.453 e. The molecule has 2 fully saturated rings. The Labute approximate surface area is 158 Å². The summed E-state index contributed by atoms with van der Waals surface area (Å²) in [5.41, 5.74) is 4.64. The number of ether oxygens (including phenoxy) is 2. The van der Waals surface area contributed by atoms with Gasteiger partial charge in [-0.15, -0.1) is 0 Å². The zero-order chi connectivity index (χ0) is 18.8. The Bertz CT molecular complexity index is 867. The molecule has 0 saturated carbocycles. The first-order valence-electron chi connectivity index (χ1n) is 9.38. The molecule has 0 bridgehead atoms. The third kappa shape index (κ3) is 2.15. The van der Waals surface area contributed by atoms with Crippen LogP contribution in [0.3, 0.4) is 0 Å². The smallest absolute Gasteiger partial charge is 0.409 e. The van der Waals surface area contributed by atoms with Gasteiger partial charge in [-0.1, -0.05) is 55.5 Å². The molecule has 2 aromatic rings. The molecule has 2 aliphatic heterocycles. The monoisotopic (exact) mass is 365 g/mol. The van der Waals surface area contributed by atoms with Crippen LogP contribution in [0.25, 0.3) is 11.1 Å². The van der Waals surface area contributed by atoms with Crippen molar-refractivity contribution in [3.05, 3.63) is 59.7 Å². The normalized spacial score (nSPS) is 31.5. The average molecular weight is 365 g/mol. The maximum absolute atomic E-state index is 12.4. The van der Waals surface area contributed by atoms with Crippen LogP contribution in [-0.4, -0.2) is 54.6 Å². The maximum atomic E-state index is 12.4. The highest BCUT2D eigenvalue weighted by Crippen LogP contribution is 2.58. The second-order valence-corrected chi connectivity index (χ2v) is 8.02. The number of hydrogen-bond donors (Lipinski definition) is 1. The molecule has 4 atom stereocenters. The molecule has 0 spiro atoms. The zero-order valence-corrected chi connectivity index (χ0v) is 15.5. The summed E-state index contributed by atoms with van der Waals surface area (Å²) in [6.07, 6.45) is -1.34. The van der Waals surface area contributed by atoms with Gasteiger partial charge in [0, 0.05) is 17.9 Å². The molecule has 3 aliphatic rings. The molecule has 27 heavy (non-hydrogen) atoms. The predicted molar refractivity (Wildman–Crippen MR) is 100 cm³/mol. The molecule has 5 rings (SSSR count). The van der Waals surface area contributed by atoms with E-state index in [1.54, 1.807) is 4.90 Å². The van der Waals surface area contributed by atoms with Crippen LogP contribution in [0.2, 0.25) is 0 Å². The van der Waals surface area contributed by atoms with Crippen LogP contribution in [0.4, 0.5) is 4.79 Å². The molecule has 0 radical (unpaired) electrons. The number of nitrogens with zero attached hydrogens (tertiary/aromatic N) is 1. The lowest BCUT2D eigenvalue weighted by molar-refractivity contribution is 0.0151. The number of fused-ring (bicyclic) bond motifs is 4. The summed E-state index contributed by atoms with van der Waals surface area (Å²) >= 11 is 0. The van der Waals surface area contributed by atoms with Gasteiger partial charge in [-0.3, -0.25) is 4.90 Å². The number of aliphatic hydroxyl groups is 1. The van der Waals surface area contributed by atoms with Crippen molar-refractivity contribution < 1.29 is 19.4 Å². The molecule has 2 aromatic carbocycles. The molecule has 1 amide bonds. The maximum Gasteiger partial charge on any atom is 0.409 e. The zero-order valence-electron chi connectivity index (χ0n) is 15.5. The summed E-state index contributed by atoms with van der Waals surface area (Å²) in [5, 5.41) is 10.5. The number of rotatable bonds is 1. The minimum absolute atomic E-state index is 0.0948. The molecule has 2 heterocycles. The number of aliphatic hydroxyl groups excluding tert-OH is 1. The second kappa shape index (κ2) is 5.81. The molecule has 0 unspecified atom stereocenters. The lowest BCUT2D eigenvalue weighted by Gasteiger charge is -2.36. The van der Waals surface area contributed by atoms with E-state index in [4.69, 9.17) is 9.47 Å². The van der Waals surface area contributed by atoms with Crippen LogP contribution in [0.5, 0.6) is 0 Å². The van der Waals surface area contributed by atoms with Crippen LogP contribution in [0.1, 0.15) is 24.0 Å². The van der Waals surface area contributed by atoms with E-state index in [0.717, 1.165) is 0 Å². The van der Waals surface area contributed by atoms with Gasteiger partial charge in [-0.05, 0) is 22.3 Å². The van der Waals surface area contributed by atoms with Crippen LogP contribution < -0.4 is 0 Å². The molecule has 5 nitrogen and oxygen atoms in total. The van der Waals surface area contributed by atoms with Gasteiger partial charge in [0.15, 0.2) is 0 Å². The van der Waals surface area contributed by atoms with Gasteiger partial charge in [-0.25, -0.2) is 4.79 Å². The van der Waals surface area contributed by atoms with Crippen molar-refractivity contribution in [1.29, 1.82) is 0 Å². The van der Waals surface area contributed by atoms with Crippen LogP contribution >= 0.6 is 0 Å². The lowest BCUT2D eigenvalue weighted by atomic mass is 9.69. The number of likely N-dealkylation sites (tertiary alicyclic amines) is 1. The molecular weight excluding hydrogens is 342 g/mol. The fraction of sp³-hybridized carbons (Fsp3) is 0.409. The van der Waals surface area contributed by atoms with Gasteiger partial charge in [0.05, 0.1) is 25.9 Å². The summed E-state index contributed by atoms with van der Waals surface area (Å²) in [5.74, 6) is 0.0948. The van der Waals surface area contributed by atoms with E-state index in [0.29, 0.717) is 6.54 Å². The second-order valence-electron chi connectivity index (χ2n) is 8.02. The van der Waals surface area contributed by atoms with Gasteiger partial charge in [0.25, 0.3) is 0 Å². The van der Waals surface area contributed by atoms with Crippen molar-refractivity contribution >= 4 is 6.09 Å². The highest BCUT2D eigenvalue weighted by atomic mass is 16.5. The lowest BCUT2D eigenvalue weighted by Crippen LogP contribution is -2.44. The summed E-state index contributed by atoms with van der Waals surface area (Å²) < 4.78 is 11.1. The van der Waals surface area contributed by atoms with E-state index in [1.807, 2.05) is 0 Å². The fourth-order valence-electron chi connectivity index (χ4n) is 5.54. The fourth-order valence-corrected chi connectivity index (χ4v) is 5.54. The first kappa shape index (κ1) is 16.8. The first-order valence-corrected chi connectivity index (χ1v) is 9.38. The Kier molecular flexibility index (Phi) is 3.61. The van der Waals surface area contributed by atoms with Gasteiger partial charge in [-0.2, -0.15) is 0 Å². The third-order valence-corrected chi connectivity index (χ3v) is 6.57. The van der Waals surface area contributed by atoms with E-state index in [2.05, 4.69) is 55.5 Å². The highest BCUT2D eigenvalue weighted by molar-refractivity contribution is 5.79. The Morgan fingerprint density at radius 2 is 1.74 bits per heavy atom. The highest BCUT2D eigenvalue weighted by Gasteiger charge is 2.62. The van der Waals surface area contributed by atoms with Gasteiger partial charge in [0.2, 0.25) is 0 Å². The molecule has 5 heteroatoms. The van der Waals surface area contributed by atoms with E-state index in [1.165, 1.54) is 29.4 Å². The molecular formula is C22H23NO4. The van der Waals surface area contributed by atoms with Crippen molar-refractivity contribution in [2.24, 2.45) is 5.41 Å². The Hall–Kier alpha value is -2.37. The number of methoxy groups -OCH3 is 1. The minimum Gasteiger partial charge on any atom is -0.453 e. The minimum atomic E-state index is -0.692. The summed E-state index contributed by atoms with van der Waals surface area (Å²) in [6, 6.07) is 16.6. The molecule has 1 N–H and O–H groups in total. The van der Waals surface area contributed by atoms with E-state index >= 15 is 0 Å². The van der Waals surface area contributed by atoms with E-state index in [-0.39, 0.29) is 30.1 Å². The number of benzene rings is 2. The Morgan fingerprint density at radius 1 is 1.15 bits per heavy atom. The van der Waals surface area contributed by atoms with E-state index < -0.39 is 12.2 Å². The predicted octanol–water partition coefficient (Wildman–Crippen LogP) is 3.02. The van der Waals surface area contributed by atoms with Crippen LogP contribution in [0.15, 0.2) is 48.5 Å². The summed E-state index contributed by atoms with van der Waals surface area (Å²) in [4.78, 5) is 14.1. The third-order valence-electron chi connectivity index (χ3n) is 6.57. The molecule has 2 saturated heterocycles. The quantitative estimate of drug-likeness (QED) is 0.844. The average Bonchev–Trinajstić information content (AvgIpc) is 3.33. The van der Waals surface area contributed by atoms with E-state index in [9.17, 15) is 9.90 Å². The number of hydrogen-bond acceptors (Lipinski definition) is 4. The van der Waals surface area contributed by atoms with Crippen LogP contribution in [0, 0.1) is 5.41 Å². The SMILES string of the molecule is COC(=O)N1C[C@](C)(C2c3ccccc3-c3ccccc32)[C@H]2OC[C@H](O)[C@H]21. The Balaban J connectivity index is 1.67. The number of carbonyl (C=O) groups excluding carboxylic acids is 1. The van der Waals surface area contributed by atoms with Gasteiger partial charge in [0.1, 0.15) is 6.10 Å². The molecule has 140 valence electrons. The van der Waals surface area contributed by atoms with Crippen molar-refractivity contribution in [3.63, 3.8) is 0 Å².